The molecule has 0 radical (unpaired) electrons. The summed E-state index contributed by atoms with van der Waals surface area (Å²) in [5.74, 6) is -3.23. The third-order valence-corrected chi connectivity index (χ3v) is 7.62. The number of aromatic hydroxyl groups is 1. The Bertz CT molecular complexity index is 1180. The van der Waals surface area contributed by atoms with Crippen LogP contribution in [0.15, 0.2) is 36.4 Å². The minimum Gasteiger partial charge on any atom is -0.810 e. The fraction of sp³-hybridized carbons (Fsp3) is 0.391. The van der Waals surface area contributed by atoms with Crippen LogP contribution in [0.1, 0.15) is 62.0 Å². The van der Waals surface area contributed by atoms with Gasteiger partial charge in [0.15, 0.2) is 11.5 Å². The van der Waals surface area contributed by atoms with Crippen LogP contribution in [0, 0.1) is 22.5 Å². The van der Waals surface area contributed by atoms with Crippen molar-refractivity contribution in [1.82, 2.24) is 0 Å². The van der Waals surface area contributed by atoms with Crippen LogP contribution >= 0.6 is 7.60 Å². The average Bonchev–Trinajstić information content (AvgIpc) is 2.73. The summed E-state index contributed by atoms with van der Waals surface area (Å²) < 4.78 is 17.0. The van der Waals surface area contributed by atoms with E-state index in [0.717, 1.165) is 17.7 Å². The molecule has 2 rings (SSSR count). The molecule has 1 N–H and O–H groups in total. The van der Waals surface area contributed by atoms with Crippen molar-refractivity contribution in [3.8, 4) is 11.5 Å². The van der Waals surface area contributed by atoms with Crippen molar-refractivity contribution in [2.75, 3.05) is 0 Å². The minimum absolute atomic E-state index is 0. The molecule has 0 saturated heterocycles. The van der Waals surface area contributed by atoms with Gasteiger partial charge >= 0.3 is 70.8 Å². The zero-order valence-corrected chi connectivity index (χ0v) is 26.4. The molecule has 2 aromatic rings. The van der Waals surface area contributed by atoms with E-state index in [-0.39, 0.29) is 83.1 Å². The molecule has 184 valence electrons. The summed E-state index contributed by atoms with van der Waals surface area (Å²) in [6, 6.07) is 8.30. The molecule has 0 fully saturated rings. The monoisotopic (exact) mass is 537 g/mol. The number of ketones is 1. The van der Waals surface area contributed by atoms with E-state index in [4.69, 9.17) is 4.74 Å². The second-order valence-corrected chi connectivity index (χ2v) is 11.2. The quantitative estimate of drug-likeness (QED) is 0.0678. The van der Waals surface area contributed by atoms with Crippen LogP contribution in [0.25, 0.3) is 0 Å². The van der Waals surface area contributed by atoms with Gasteiger partial charge in [-0.15, -0.1) is 0 Å². The topological polar surface area (TPSA) is 170 Å². The second-order valence-electron chi connectivity index (χ2n) is 9.09. The van der Waals surface area contributed by atoms with Crippen LogP contribution in [0.5, 0.6) is 11.5 Å². The molecule has 0 saturated carbocycles. The smallest absolute Gasteiger partial charge is 0.810 e. The maximum atomic E-state index is 12.9. The number of esters is 1. The van der Waals surface area contributed by atoms with E-state index in [0.29, 0.717) is 0 Å². The number of carbonyl (C=O) groups excluding carboxylic acids is 2. The Morgan fingerprint density at radius 2 is 1.58 bits per heavy atom. The number of hydrogen-bond donors (Lipinski definition) is 1. The average molecular weight is 537 g/mol. The second kappa shape index (κ2) is 13.1. The minimum atomic E-state index is -5.09. The molecule has 0 heterocycles. The van der Waals surface area contributed by atoms with Crippen molar-refractivity contribution in [2.45, 2.75) is 52.6 Å². The van der Waals surface area contributed by atoms with E-state index in [2.05, 4.69) is 0 Å². The molecule has 0 aromatic heterocycles. The fourth-order valence-corrected chi connectivity index (χ4v) is 4.47. The van der Waals surface area contributed by atoms with E-state index >= 15 is 0 Å². The molecule has 1 atom stereocenters. The zero-order chi connectivity index (χ0) is 26.1. The molecule has 0 amide bonds. The number of rotatable bonds is 9. The van der Waals surface area contributed by atoms with Gasteiger partial charge in [0.05, 0.1) is 10.3 Å². The number of ether oxygens (including phenoxy) is 1. The summed E-state index contributed by atoms with van der Waals surface area (Å²) in [4.78, 5) is 59.8. The molecule has 36 heavy (non-hydrogen) atoms. The van der Waals surface area contributed by atoms with Crippen molar-refractivity contribution < 1.29 is 97.8 Å². The van der Waals surface area contributed by atoms with Crippen molar-refractivity contribution in [3.05, 3.63) is 63.2 Å². The van der Waals surface area contributed by atoms with E-state index in [1.807, 2.05) is 6.92 Å². The Hall–Kier alpha value is -1.07. The first-order valence-electron chi connectivity index (χ1n) is 10.4. The molecular weight excluding hydrogens is 511 g/mol. The molecule has 2 aromatic carbocycles. The van der Waals surface area contributed by atoms with Crippen molar-refractivity contribution in [2.24, 2.45) is 5.41 Å². The zero-order valence-electron chi connectivity index (χ0n) is 21.5. The van der Waals surface area contributed by atoms with Gasteiger partial charge in [-0.1, -0.05) is 51.3 Å². The maximum absolute atomic E-state index is 12.9. The Labute approximate surface area is 253 Å². The molecule has 0 aliphatic carbocycles. The maximum Gasteiger partial charge on any atom is 1.00 e. The van der Waals surface area contributed by atoms with E-state index in [1.54, 1.807) is 12.1 Å². The molecule has 13 heteroatoms. The standard InChI is InChI=1S/C23H28NO9P.2Na/c1-6-23(5,34(30,31)32)13-22(3,4)21(27)33-18-12-16(11-17(20(18)26)24(28)29)19(25)15-9-7-14(2)8-10-15;;/h7-12,26H,6,13H2,1-5H3,(H2,30,31,32);;/q;2*+1/p-2. The fourth-order valence-electron chi connectivity index (χ4n) is 3.49. The van der Waals surface area contributed by atoms with Crippen molar-refractivity contribution in [3.63, 3.8) is 0 Å². The molecule has 0 bridgehead atoms. The number of benzene rings is 2. The van der Waals surface area contributed by atoms with Gasteiger partial charge in [-0.2, -0.15) is 0 Å². The van der Waals surface area contributed by atoms with Crippen LogP contribution in [-0.2, 0) is 9.36 Å². The van der Waals surface area contributed by atoms with E-state index in [1.165, 1.54) is 39.8 Å². The third kappa shape index (κ3) is 7.96. The van der Waals surface area contributed by atoms with Crippen molar-refractivity contribution >= 4 is 25.0 Å². The van der Waals surface area contributed by atoms with Gasteiger partial charge in [0, 0.05) is 17.2 Å². The Kier molecular flexibility index (Phi) is 12.7. The van der Waals surface area contributed by atoms with Crippen LogP contribution in [0.2, 0.25) is 0 Å². The third-order valence-electron chi connectivity index (χ3n) is 5.83. The van der Waals surface area contributed by atoms with Gasteiger partial charge in [-0.3, -0.25) is 19.7 Å². The predicted molar refractivity (Wildman–Crippen MR) is 120 cm³/mol. The molecular formula is C23H26NNa2O9P. The summed E-state index contributed by atoms with van der Waals surface area (Å²) in [7, 11) is -5.09. The normalized spacial score (nSPS) is 13.0. The Balaban J connectivity index is 0.00000612. The molecule has 0 aliphatic heterocycles. The molecule has 0 spiro atoms. The van der Waals surface area contributed by atoms with Gasteiger partial charge in [0.25, 0.3) is 0 Å². The number of carbonyl (C=O) groups is 2. The predicted octanol–water partition coefficient (Wildman–Crippen LogP) is -2.75. The van der Waals surface area contributed by atoms with Crippen LogP contribution in [0.3, 0.4) is 0 Å². The van der Waals surface area contributed by atoms with Gasteiger partial charge in [0.1, 0.15) is 0 Å². The summed E-state index contributed by atoms with van der Waals surface area (Å²) in [5.41, 5.74) is -1.45. The first-order chi connectivity index (χ1) is 15.5. The number of phenolic OH excluding ortho intramolecular Hbond substituents is 1. The van der Waals surface area contributed by atoms with Crippen molar-refractivity contribution in [1.29, 1.82) is 0 Å². The molecule has 1 unspecified atom stereocenters. The first-order valence-corrected chi connectivity index (χ1v) is 11.9. The van der Waals surface area contributed by atoms with Gasteiger partial charge < -0.3 is 24.2 Å². The van der Waals surface area contributed by atoms with Crippen LogP contribution in [-0.4, -0.2) is 26.9 Å². The molecule has 10 nitrogen and oxygen atoms in total. The Morgan fingerprint density at radius 1 is 1.06 bits per heavy atom. The SMILES string of the molecule is CCC(C)(CC(C)(C)C(=O)Oc1cc(C(=O)c2ccc(C)cc2)cc([N+](=O)[O-])c1O)P(=O)([O-])[O-].[Na+].[Na+]. The largest absolute Gasteiger partial charge is 1.00 e. The number of phenols is 1. The van der Waals surface area contributed by atoms with Gasteiger partial charge in [-0.05, 0) is 44.8 Å². The molecule has 0 aliphatic rings. The number of nitrogens with zero attached hydrogens (tertiary/aromatic N) is 1. The first kappa shape index (κ1) is 34.9. The number of hydrogen-bond acceptors (Lipinski definition) is 9. The van der Waals surface area contributed by atoms with E-state index in [9.17, 15) is 39.2 Å². The Morgan fingerprint density at radius 3 is 2.03 bits per heavy atom. The summed E-state index contributed by atoms with van der Waals surface area (Å²) in [5, 5.41) is 20.0. The number of nitro groups is 1. The summed E-state index contributed by atoms with van der Waals surface area (Å²) in [6.45, 7) is 7.25. The summed E-state index contributed by atoms with van der Waals surface area (Å²) >= 11 is 0. The van der Waals surface area contributed by atoms with Crippen LogP contribution < -0.4 is 73.6 Å². The number of aryl methyl sites for hydroxylation is 1. The van der Waals surface area contributed by atoms with Gasteiger partial charge in [0.2, 0.25) is 5.75 Å². The summed E-state index contributed by atoms with van der Waals surface area (Å²) in [6.07, 6.45) is -0.435. The van der Waals surface area contributed by atoms with E-state index < -0.39 is 52.0 Å². The number of nitro benzene ring substituents is 1. The van der Waals surface area contributed by atoms with Crippen LogP contribution in [0.4, 0.5) is 5.69 Å². The van der Waals surface area contributed by atoms with Gasteiger partial charge in [-0.25, -0.2) is 0 Å².